The molecule has 1 aliphatic rings. The molecule has 4 heterocycles. The van der Waals surface area contributed by atoms with Gasteiger partial charge in [0.05, 0.1) is 17.5 Å². The first-order valence-electron chi connectivity index (χ1n) is 8.55. The lowest BCUT2D eigenvalue weighted by molar-refractivity contribution is 0.0313. The molecule has 144 valence electrons. The number of hydrogen-bond acceptors (Lipinski definition) is 8. The van der Waals surface area contributed by atoms with Crippen LogP contribution in [0.1, 0.15) is 23.7 Å². The van der Waals surface area contributed by atoms with Gasteiger partial charge in [0.15, 0.2) is 17.0 Å². The monoisotopic (exact) mass is 416 g/mol. The summed E-state index contributed by atoms with van der Waals surface area (Å²) in [6, 6.07) is 1.82. The normalized spacial score (nSPS) is 21.5. The van der Waals surface area contributed by atoms with Gasteiger partial charge in [-0.1, -0.05) is 17.5 Å². The number of anilines is 1. The molecule has 3 aromatic heterocycles. The Balaban J connectivity index is 1.72. The van der Waals surface area contributed by atoms with Crippen LogP contribution < -0.4 is 5.32 Å². The van der Waals surface area contributed by atoms with E-state index in [-0.39, 0.29) is 5.37 Å². The predicted molar refractivity (Wildman–Crippen MR) is 108 cm³/mol. The van der Waals surface area contributed by atoms with Crippen LogP contribution in [0.15, 0.2) is 24.8 Å². The summed E-state index contributed by atoms with van der Waals surface area (Å²) in [5, 5.41) is 23.6. The Hall–Kier alpha value is -2.38. The fraction of sp³-hybridized carbons (Fsp3) is 0.333. The van der Waals surface area contributed by atoms with Gasteiger partial charge in [-0.15, -0.1) is 11.8 Å². The molecule has 0 aromatic carbocycles. The van der Waals surface area contributed by atoms with Crippen LogP contribution in [0.4, 0.5) is 5.82 Å². The largest absolute Gasteiger partial charge is 0.389 e. The van der Waals surface area contributed by atoms with Crippen LogP contribution in [-0.4, -0.2) is 52.7 Å². The van der Waals surface area contributed by atoms with Crippen LogP contribution >= 0.6 is 23.4 Å². The average molecular weight is 417 g/mol. The zero-order chi connectivity index (χ0) is 19.7. The molecule has 1 fully saturated rings. The number of pyridine rings is 1. The second-order valence-electron chi connectivity index (χ2n) is 6.24. The molecule has 1 aliphatic heterocycles. The molecule has 3 N–H and O–H groups in total. The minimum Gasteiger partial charge on any atom is -0.389 e. The van der Waals surface area contributed by atoms with E-state index in [2.05, 4.69) is 37.1 Å². The minimum atomic E-state index is -0.896. The summed E-state index contributed by atoms with van der Waals surface area (Å²) in [4.78, 5) is 17.5. The van der Waals surface area contributed by atoms with Crippen LogP contribution in [-0.2, 0) is 6.54 Å². The zero-order valence-corrected chi connectivity index (χ0v) is 16.4. The SMILES string of the molecule is CC#Cc1nc(NCc2cncc(Cl)c2)c2ncn([C@@H]3SCC(O)C3O)c2n1. The highest BCUT2D eigenvalue weighted by Crippen LogP contribution is 2.38. The molecule has 10 heteroatoms. The second-order valence-corrected chi connectivity index (χ2v) is 7.83. The fourth-order valence-electron chi connectivity index (χ4n) is 2.96. The Morgan fingerprint density at radius 1 is 1.36 bits per heavy atom. The molecule has 0 bridgehead atoms. The Kier molecular flexibility index (Phi) is 5.37. The molecule has 1 saturated heterocycles. The molecular weight excluding hydrogens is 400 g/mol. The first kappa shape index (κ1) is 19.0. The van der Waals surface area contributed by atoms with E-state index in [0.29, 0.717) is 40.1 Å². The van der Waals surface area contributed by atoms with Crippen LogP contribution in [0, 0.1) is 11.8 Å². The van der Waals surface area contributed by atoms with E-state index in [0.717, 1.165) is 5.56 Å². The van der Waals surface area contributed by atoms with E-state index < -0.39 is 12.2 Å². The van der Waals surface area contributed by atoms with Gasteiger partial charge in [-0.25, -0.2) is 15.0 Å². The van der Waals surface area contributed by atoms with Crippen LogP contribution in [0.3, 0.4) is 0 Å². The summed E-state index contributed by atoms with van der Waals surface area (Å²) in [7, 11) is 0. The standard InChI is InChI=1S/C18H17ClN6O2S/c1-2-3-13-23-16(21-6-10-4-11(19)7-20-5-10)14-17(24-13)25(9-22-14)18-15(27)12(26)8-28-18/h4-5,7,9,12,15,18,26-27H,6,8H2,1H3,(H,21,23,24)/t12?,15?,18-/m1/s1. The van der Waals surface area contributed by atoms with Gasteiger partial charge in [-0.05, 0) is 24.5 Å². The summed E-state index contributed by atoms with van der Waals surface area (Å²) in [5.74, 6) is 6.99. The minimum absolute atomic E-state index is 0.349. The van der Waals surface area contributed by atoms with Crippen molar-refractivity contribution in [1.82, 2.24) is 24.5 Å². The number of aliphatic hydroxyl groups excluding tert-OH is 2. The third-order valence-electron chi connectivity index (χ3n) is 4.28. The van der Waals surface area contributed by atoms with Crippen molar-refractivity contribution in [3.05, 3.63) is 41.2 Å². The molecule has 0 radical (unpaired) electrons. The molecule has 28 heavy (non-hydrogen) atoms. The summed E-state index contributed by atoms with van der Waals surface area (Å²) >= 11 is 7.44. The quantitative estimate of drug-likeness (QED) is 0.553. The molecule has 0 amide bonds. The highest BCUT2D eigenvalue weighted by molar-refractivity contribution is 7.99. The second kappa shape index (κ2) is 7.93. The number of imidazole rings is 1. The highest BCUT2D eigenvalue weighted by atomic mass is 35.5. The fourth-order valence-corrected chi connectivity index (χ4v) is 4.44. The van der Waals surface area contributed by atoms with Crippen molar-refractivity contribution in [2.45, 2.75) is 31.1 Å². The summed E-state index contributed by atoms with van der Waals surface area (Å²) in [5.41, 5.74) is 2.00. The van der Waals surface area contributed by atoms with E-state index in [1.165, 1.54) is 11.8 Å². The van der Waals surface area contributed by atoms with E-state index in [4.69, 9.17) is 11.6 Å². The first-order chi connectivity index (χ1) is 13.6. The number of aliphatic hydroxyl groups is 2. The summed E-state index contributed by atoms with van der Waals surface area (Å²) < 4.78 is 1.76. The van der Waals surface area contributed by atoms with Crippen molar-refractivity contribution in [2.24, 2.45) is 0 Å². The molecule has 0 saturated carbocycles. The zero-order valence-electron chi connectivity index (χ0n) is 14.9. The van der Waals surface area contributed by atoms with Crippen molar-refractivity contribution >= 4 is 40.3 Å². The van der Waals surface area contributed by atoms with Crippen molar-refractivity contribution in [3.8, 4) is 11.8 Å². The van der Waals surface area contributed by atoms with E-state index in [1.54, 1.807) is 30.2 Å². The van der Waals surface area contributed by atoms with Crippen molar-refractivity contribution in [2.75, 3.05) is 11.1 Å². The third-order valence-corrected chi connectivity index (χ3v) is 5.87. The predicted octanol–water partition coefficient (Wildman–Crippen LogP) is 1.83. The molecular formula is C18H17ClN6O2S. The highest BCUT2D eigenvalue weighted by Gasteiger charge is 2.36. The number of aromatic nitrogens is 5. The number of nitrogens with zero attached hydrogens (tertiary/aromatic N) is 5. The molecule has 0 aliphatic carbocycles. The van der Waals surface area contributed by atoms with Gasteiger partial charge in [-0.2, -0.15) is 0 Å². The van der Waals surface area contributed by atoms with Gasteiger partial charge >= 0.3 is 0 Å². The van der Waals surface area contributed by atoms with Gasteiger partial charge in [0.2, 0.25) is 5.82 Å². The topological polar surface area (TPSA) is 109 Å². The lowest BCUT2D eigenvalue weighted by Gasteiger charge is -2.17. The van der Waals surface area contributed by atoms with Gasteiger partial charge in [0, 0.05) is 24.7 Å². The Morgan fingerprint density at radius 3 is 2.93 bits per heavy atom. The summed E-state index contributed by atoms with van der Waals surface area (Å²) in [6.45, 7) is 2.16. The van der Waals surface area contributed by atoms with Crippen LogP contribution in [0.2, 0.25) is 5.02 Å². The maximum atomic E-state index is 10.3. The van der Waals surface area contributed by atoms with Gasteiger partial charge in [0.1, 0.15) is 11.5 Å². The molecule has 2 unspecified atom stereocenters. The molecule has 3 aromatic rings. The van der Waals surface area contributed by atoms with Crippen molar-refractivity contribution in [3.63, 3.8) is 0 Å². The molecule has 4 rings (SSSR count). The third kappa shape index (κ3) is 3.64. The number of fused-ring (bicyclic) bond motifs is 1. The van der Waals surface area contributed by atoms with Crippen molar-refractivity contribution < 1.29 is 10.2 Å². The van der Waals surface area contributed by atoms with Crippen LogP contribution in [0.5, 0.6) is 0 Å². The molecule has 3 atom stereocenters. The van der Waals surface area contributed by atoms with Gasteiger partial charge in [-0.3, -0.25) is 9.55 Å². The number of halogens is 1. The molecule has 8 nitrogen and oxygen atoms in total. The van der Waals surface area contributed by atoms with Gasteiger partial charge in [0.25, 0.3) is 0 Å². The van der Waals surface area contributed by atoms with Crippen LogP contribution in [0.25, 0.3) is 11.2 Å². The number of hydrogen-bond donors (Lipinski definition) is 3. The smallest absolute Gasteiger partial charge is 0.208 e. The average Bonchev–Trinajstić information content (AvgIpc) is 3.24. The van der Waals surface area contributed by atoms with E-state index >= 15 is 0 Å². The van der Waals surface area contributed by atoms with E-state index in [1.807, 2.05) is 6.07 Å². The Morgan fingerprint density at radius 2 is 2.21 bits per heavy atom. The molecule has 0 spiro atoms. The Labute approximate surface area is 170 Å². The number of nitrogens with one attached hydrogen (secondary N) is 1. The van der Waals surface area contributed by atoms with E-state index in [9.17, 15) is 10.2 Å². The maximum Gasteiger partial charge on any atom is 0.208 e. The number of thioether (sulfide) groups is 1. The summed E-state index contributed by atoms with van der Waals surface area (Å²) in [6.07, 6.45) is 3.22. The maximum absolute atomic E-state index is 10.3. The first-order valence-corrected chi connectivity index (χ1v) is 9.98. The lowest BCUT2D eigenvalue weighted by atomic mass is 10.2. The van der Waals surface area contributed by atoms with Gasteiger partial charge < -0.3 is 15.5 Å². The Bertz CT molecular complexity index is 1080. The lowest BCUT2D eigenvalue weighted by Crippen LogP contribution is -2.27. The van der Waals surface area contributed by atoms with Crippen molar-refractivity contribution in [1.29, 1.82) is 0 Å². The number of rotatable bonds is 4.